The van der Waals surface area contributed by atoms with Crippen LogP contribution in [0, 0.1) is 11.8 Å². The van der Waals surface area contributed by atoms with Crippen molar-refractivity contribution in [2.45, 2.75) is 50.5 Å². The SMILES string of the molecule is CNC(=O)c1ccc(NCC#Cc2cc3c(NC4CCC(NC)CC4)cccc3n2CC(F)(F)F)c(OCCOC)c1. The summed E-state index contributed by atoms with van der Waals surface area (Å²) >= 11 is 0. The number of nitrogens with one attached hydrogen (secondary N) is 4. The molecule has 8 nitrogen and oxygen atoms in total. The summed E-state index contributed by atoms with van der Waals surface area (Å²) in [6, 6.07) is 12.9. The Morgan fingerprint density at radius 3 is 2.48 bits per heavy atom. The summed E-state index contributed by atoms with van der Waals surface area (Å²) in [4.78, 5) is 12.1. The average molecular weight is 586 g/mol. The molecule has 1 heterocycles. The Balaban J connectivity index is 1.56. The first-order valence-corrected chi connectivity index (χ1v) is 14.1. The molecule has 0 spiro atoms. The van der Waals surface area contributed by atoms with Crippen LogP contribution < -0.4 is 26.0 Å². The lowest BCUT2D eigenvalue weighted by molar-refractivity contribution is -0.140. The van der Waals surface area contributed by atoms with Gasteiger partial charge in [-0.15, -0.1) is 0 Å². The number of carbonyl (C=O) groups excluding carboxylic acids is 1. The van der Waals surface area contributed by atoms with Gasteiger partial charge >= 0.3 is 6.18 Å². The number of ether oxygens (including phenoxy) is 2. The number of hydrogen-bond donors (Lipinski definition) is 4. The first-order chi connectivity index (χ1) is 20.2. The van der Waals surface area contributed by atoms with E-state index in [4.69, 9.17) is 9.47 Å². The van der Waals surface area contributed by atoms with Crippen molar-refractivity contribution in [1.82, 2.24) is 15.2 Å². The van der Waals surface area contributed by atoms with E-state index in [1.54, 1.807) is 50.6 Å². The van der Waals surface area contributed by atoms with Gasteiger partial charge in [-0.3, -0.25) is 4.79 Å². The van der Waals surface area contributed by atoms with Crippen molar-refractivity contribution in [1.29, 1.82) is 0 Å². The summed E-state index contributed by atoms with van der Waals surface area (Å²) in [6.45, 7) is -0.351. The van der Waals surface area contributed by atoms with Crippen molar-refractivity contribution in [3.05, 3.63) is 53.7 Å². The molecule has 4 N–H and O–H groups in total. The van der Waals surface area contributed by atoms with Gasteiger partial charge in [-0.1, -0.05) is 12.0 Å². The number of methoxy groups -OCH3 is 1. The minimum absolute atomic E-state index is 0.146. The molecule has 1 aliphatic carbocycles. The quantitative estimate of drug-likeness (QED) is 0.187. The molecule has 0 atom stereocenters. The lowest BCUT2D eigenvalue weighted by Crippen LogP contribution is -2.34. The highest BCUT2D eigenvalue weighted by Crippen LogP contribution is 2.32. The molecule has 4 rings (SSSR count). The molecule has 1 aliphatic rings. The van der Waals surface area contributed by atoms with Crippen LogP contribution in [0.5, 0.6) is 5.75 Å². The number of anilines is 2. The van der Waals surface area contributed by atoms with E-state index in [2.05, 4.69) is 33.1 Å². The van der Waals surface area contributed by atoms with Gasteiger partial charge in [0.15, 0.2) is 0 Å². The number of hydrogen-bond acceptors (Lipinski definition) is 6. The van der Waals surface area contributed by atoms with Crippen molar-refractivity contribution in [2.75, 3.05) is 51.6 Å². The van der Waals surface area contributed by atoms with Crippen molar-refractivity contribution in [2.24, 2.45) is 0 Å². The van der Waals surface area contributed by atoms with E-state index in [0.29, 0.717) is 40.6 Å². The molecule has 0 radical (unpaired) electrons. The lowest BCUT2D eigenvalue weighted by atomic mass is 9.91. The number of alkyl halides is 3. The Hall–Kier alpha value is -3.88. The number of benzene rings is 2. The molecule has 1 aromatic heterocycles. The van der Waals surface area contributed by atoms with Gasteiger partial charge in [-0.05, 0) is 75.0 Å². The average Bonchev–Trinajstić information content (AvgIpc) is 3.32. The molecule has 2 aromatic carbocycles. The van der Waals surface area contributed by atoms with Crippen LogP contribution >= 0.6 is 0 Å². The number of aromatic nitrogens is 1. The van der Waals surface area contributed by atoms with E-state index in [-0.39, 0.29) is 30.8 Å². The van der Waals surface area contributed by atoms with Gasteiger partial charge in [0, 0.05) is 42.9 Å². The van der Waals surface area contributed by atoms with Crippen molar-refractivity contribution in [3.8, 4) is 17.6 Å². The van der Waals surface area contributed by atoms with Crippen LogP contribution in [-0.4, -0.2) is 69.7 Å². The zero-order valence-corrected chi connectivity index (χ0v) is 24.2. The number of amides is 1. The van der Waals surface area contributed by atoms with E-state index in [1.807, 2.05) is 13.1 Å². The van der Waals surface area contributed by atoms with Gasteiger partial charge in [0.25, 0.3) is 5.91 Å². The van der Waals surface area contributed by atoms with Gasteiger partial charge in [-0.25, -0.2) is 0 Å². The molecule has 0 saturated heterocycles. The maximum Gasteiger partial charge on any atom is 0.406 e. The summed E-state index contributed by atoms with van der Waals surface area (Å²) in [5.41, 5.74) is 2.61. The highest BCUT2D eigenvalue weighted by molar-refractivity contribution is 5.95. The third-order valence-corrected chi connectivity index (χ3v) is 7.38. The largest absolute Gasteiger partial charge is 0.489 e. The molecule has 0 aliphatic heterocycles. The van der Waals surface area contributed by atoms with Gasteiger partial charge in [0.1, 0.15) is 18.9 Å². The van der Waals surface area contributed by atoms with E-state index in [1.165, 1.54) is 4.57 Å². The second-order valence-electron chi connectivity index (χ2n) is 10.2. The van der Waals surface area contributed by atoms with Crippen LogP contribution in [0.1, 0.15) is 41.7 Å². The Morgan fingerprint density at radius 2 is 1.79 bits per heavy atom. The molecule has 1 saturated carbocycles. The molecule has 11 heteroatoms. The van der Waals surface area contributed by atoms with E-state index in [0.717, 1.165) is 31.4 Å². The Kier molecular flexibility index (Phi) is 10.6. The van der Waals surface area contributed by atoms with Crippen LogP contribution in [0.15, 0.2) is 42.5 Å². The fraction of sp³-hybridized carbons (Fsp3) is 0.452. The smallest absolute Gasteiger partial charge is 0.406 e. The van der Waals surface area contributed by atoms with Crippen LogP contribution in [0.3, 0.4) is 0 Å². The van der Waals surface area contributed by atoms with Crippen LogP contribution in [-0.2, 0) is 11.3 Å². The first-order valence-electron chi connectivity index (χ1n) is 14.1. The monoisotopic (exact) mass is 585 g/mol. The topological polar surface area (TPSA) is 88.6 Å². The summed E-state index contributed by atoms with van der Waals surface area (Å²) < 4.78 is 52.9. The minimum atomic E-state index is -4.41. The summed E-state index contributed by atoms with van der Waals surface area (Å²) in [7, 11) is 5.08. The summed E-state index contributed by atoms with van der Waals surface area (Å²) in [6.07, 6.45) is -0.320. The van der Waals surface area contributed by atoms with Crippen molar-refractivity contribution in [3.63, 3.8) is 0 Å². The number of halogens is 3. The molecule has 0 bridgehead atoms. The number of fused-ring (bicyclic) bond motifs is 1. The Morgan fingerprint density at radius 1 is 1.02 bits per heavy atom. The standard InChI is InChI=1S/C31H38F3N5O3/c1-35-22-10-12-23(13-11-22)38-26-7-4-8-28-25(26)19-24(39(28)20-31(32,33)34)6-5-15-37-27-14-9-21(30(40)36-2)18-29(27)42-17-16-41-3/h4,7-9,14,18-19,22-23,35,37-38H,10-13,15-17,20H2,1-3H3,(H,36,40). The van der Waals surface area contributed by atoms with E-state index >= 15 is 0 Å². The zero-order valence-electron chi connectivity index (χ0n) is 24.2. The second kappa shape index (κ2) is 14.3. The van der Waals surface area contributed by atoms with Gasteiger partial charge in [0.2, 0.25) is 0 Å². The van der Waals surface area contributed by atoms with Gasteiger partial charge in [0.05, 0.1) is 30.0 Å². The maximum atomic E-state index is 13.6. The maximum absolute atomic E-state index is 13.6. The molecule has 0 unspecified atom stereocenters. The first kappa shape index (κ1) is 31.1. The molecule has 1 fully saturated rings. The Labute approximate surface area is 244 Å². The highest BCUT2D eigenvalue weighted by atomic mass is 19.4. The second-order valence-corrected chi connectivity index (χ2v) is 10.2. The Bertz CT molecular complexity index is 1420. The number of rotatable bonds is 11. The van der Waals surface area contributed by atoms with Crippen LogP contribution in [0.25, 0.3) is 10.9 Å². The fourth-order valence-corrected chi connectivity index (χ4v) is 5.19. The predicted octanol–water partition coefficient (Wildman–Crippen LogP) is 4.99. The predicted molar refractivity (Wildman–Crippen MR) is 159 cm³/mol. The van der Waals surface area contributed by atoms with Crippen molar-refractivity contribution < 1.29 is 27.4 Å². The molecule has 42 heavy (non-hydrogen) atoms. The molecule has 3 aromatic rings. The highest BCUT2D eigenvalue weighted by Gasteiger charge is 2.30. The van der Waals surface area contributed by atoms with Crippen LogP contribution in [0.4, 0.5) is 24.5 Å². The minimum Gasteiger partial charge on any atom is -0.489 e. The number of carbonyl (C=O) groups is 1. The van der Waals surface area contributed by atoms with Gasteiger partial charge < -0.3 is 35.3 Å². The van der Waals surface area contributed by atoms with E-state index < -0.39 is 12.7 Å². The van der Waals surface area contributed by atoms with Crippen molar-refractivity contribution >= 4 is 28.2 Å². The van der Waals surface area contributed by atoms with Gasteiger partial charge in [-0.2, -0.15) is 13.2 Å². The fourth-order valence-electron chi connectivity index (χ4n) is 5.19. The molecule has 1 amide bonds. The normalized spacial score (nSPS) is 16.9. The third kappa shape index (κ3) is 8.11. The summed E-state index contributed by atoms with van der Waals surface area (Å²) in [5, 5.41) is 13.3. The third-order valence-electron chi connectivity index (χ3n) is 7.38. The molecular formula is C31H38F3N5O3. The summed E-state index contributed by atoms with van der Waals surface area (Å²) in [5.74, 6) is 6.09. The zero-order chi connectivity index (χ0) is 30.1. The molecule has 226 valence electrons. The van der Waals surface area contributed by atoms with Crippen LogP contribution in [0.2, 0.25) is 0 Å². The molecular weight excluding hydrogens is 547 g/mol. The number of nitrogens with zero attached hydrogens (tertiary/aromatic N) is 1. The lowest BCUT2D eigenvalue weighted by Gasteiger charge is -2.29. The van der Waals surface area contributed by atoms with E-state index in [9.17, 15) is 18.0 Å².